The predicted octanol–water partition coefficient (Wildman–Crippen LogP) is 4.20. The van der Waals surface area contributed by atoms with E-state index in [0.29, 0.717) is 0 Å². The number of rotatable bonds is 3. The van der Waals surface area contributed by atoms with E-state index in [4.69, 9.17) is 5.73 Å². The molecule has 0 saturated carbocycles. The first kappa shape index (κ1) is 11.7. The number of nitrogen functional groups attached to an aromatic ring is 1. The Kier molecular flexibility index (Phi) is 3.48. The summed E-state index contributed by atoms with van der Waals surface area (Å²) in [6, 6.07) is 14.9. The van der Waals surface area contributed by atoms with E-state index in [2.05, 4.69) is 44.2 Å². The summed E-state index contributed by atoms with van der Waals surface area (Å²) in [7, 11) is 0. The van der Waals surface area contributed by atoms with Gasteiger partial charge in [-0.3, -0.25) is 0 Å². The van der Waals surface area contributed by atoms with Crippen LogP contribution in [0, 0.1) is 6.92 Å². The smallest absolute Gasteiger partial charge is 0.0349 e. The van der Waals surface area contributed by atoms with Crippen molar-refractivity contribution in [2.45, 2.75) is 26.7 Å². The van der Waals surface area contributed by atoms with Gasteiger partial charge in [-0.1, -0.05) is 49.7 Å². The molecule has 0 aliphatic heterocycles. The molecule has 2 aromatic rings. The monoisotopic (exact) mass is 225 g/mol. The van der Waals surface area contributed by atoms with Gasteiger partial charge in [0.25, 0.3) is 0 Å². The normalized spacial score (nSPS) is 10.5. The van der Waals surface area contributed by atoms with Gasteiger partial charge in [0.1, 0.15) is 0 Å². The molecule has 0 fully saturated rings. The third-order valence-electron chi connectivity index (χ3n) is 3.18. The van der Waals surface area contributed by atoms with Crippen LogP contribution in [0.5, 0.6) is 0 Å². The average Bonchev–Trinajstić information content (AvgIpc) is 2.34. The molecule has 0 bridgehead atoms. The lowest BCUT2D eigenvalue weighted by Crippen LogP contribution is -1.92. The minimum Gasteiger partial charge on any atom is -0.398 e. The molecule has 1 heteroatoms. The van der Waals surface area contributed by atoms with E-state index in [1.54, 1.807) is 0 Å². The van der Waals surface area contributed by atoms with Gasteiger partial charge in [0.2, 0.25) is 0 Å². The third-order valence-corrected chi connectivity index (χ3v) is 3.18. The number of nitrogens with two attached hydrogens (primary N) is 1. The quantitative estimate of drug-likeness (QED) is 0.778. The molecule has 2 N–H and O–H groups in total. The van der Waals surface area contributed by atoms with E-state index in [9.17, 15) is 0 Å². The van der Waals surface area contributed by atoms with Crippen LogP contribution in [0.15, 0.2) is 42.5 Å². The fraction of sp³-hybridized carbons (Fsp3) is 0.250. The molecule has 0 radical (unpaired) electrons. The number of benzene rings is 2. The minimum absolute atomic E-state index is 0.861. The highest BCUT2D eigenvalue weighted by atomic mass is 14.6. The van der Waals surface area contributed by atoms with E-state index in [1.165, 1.54) is 23.1 Å². The molecule has 2 rings (SSSR count). The largest absolute Gasteiger partial charge is 0.398 e. The lowest BCUT2D eigenvalue weighted by Gasteiger charge is -2.09. The fourth-order valence-corrected chi connectivity index (χ4v) is 2.11. The van der Waals surface area contributed by atoms with Crippen LogP contribution in [-0.2, 0) is 6.42 Å². The summed E-state index contributed by atoms with van der Waals surface area (Å²) in [6.07, 6.45) is 2.34. The van der Waals surface area contributed by atoms with E-state index in [1.807, 2.05) is 12.1 Å². The van der Waals surface area contributed by atoms with Crippen molar-refractivity contribution in [1.29, 1.82) is 0 Å². The lowest BCUT2D eigenvalue weighted by molar-refractivity contribution is 0.922. The highest BCUT2D eigenvalue weighted by Gasteiger charge is 2.03. The Morgan fingerprint density at radius 3 is 2.35 bits per heavy atom. The number of hydrogen-bond donors (Lipinski definition) is 1. The molecule has 0 amide bonds. The van der Waals surface area contributed by atoms with Crippen LogP contribution < -0.4 is 5.73 Å². The zero-order chi connectivity index (χ0) is 12.3. The Bertz CT molecular complexity index is 497. The molecule has 0 aliphatic rings. The predicted molar refractivity (Wildman–Crippen MR) is 75.0 cm³/mol. The van der Waals surface area contributed by atoms with Crippen molar-refractivity contribution in [2.75, 3.05) is 5.73 Å². The van der Waals surface area contributed by atoms with Gasteiger partial charge >= 0.3 is 0 Å². The summed E-state index contributed by atoms with van der Waals surface area (Å²) in [5, 5.41) is 0. The minimum atomic E-state index is 0.861. The van der Waals surface area contributed by atoms with Gasteiger partial charge < -0.3 is 5.73 Å². The SMILES string of the molecule is CCCc1ccc(-c2cccc(N)c2C)cc1. The molecule has 0 unspecified atom stereocenters. The summed E-state index contributed by atoms with van der Waals surface area (Å²) in [6.45, 7) is 4.28. The van der Waals surface area contributed by atoms with Crippen LogP contribution >= 0.6 is 0 Å². The van der Waals surface area contributed by atoms with Crippen LogP contribution in [0.3, 0.4) is 0 Å². The lowest BCUT2D eigenvalue weighted by atomic mass is 9.98. The van der Waals surface area contributed by atoms with Crippen LogP contribution in [0.2, 0.25) is 0 Å². The maximum absolute atomic E-state index is 5.94. The van der Waals surface area contributed by atoms with Crippen LogP contribution in [0.1, 0.15) is 24.5 Å². The molecule has 0 atom stereocenters. The second kappa shape index (κ2) is 5.05. The molecular weight excluding hydrogens is 206 g/mol. The second-order valence-corrected chi connectivity index (χ2v) is 4.47. The molecule has 0 aliphatic carbocycles. The first-order valence-corrected chi connectivity index (χ1v) is 6.16. The van der Waals surface area contributed by atoms with Crippen molar-refractivity contribution in [3.63, 3.8) is 0 Å². The molecular formula is C16H19N. The van der Waals surface area contributed by atoms with E-state index in [-0.39, 0.29) is 0 Å². The first-order valence-electron chi connectivity index (χ1n) is 6.16. The van der Waals surface area contributed by atoms with Crippen molar-refractivity contribution in [1.82, 2.24) is 0 Å². The zero-order valence-electron chi connectivity index (χ0n) is 10.5. The van der Waals surface area contributed by atoms with Gasteiger partial charge in [-0.05, 0) is 41.7 Å². The number of aryl methyl sites for hydroxylation is 1. The van der Waals surface area contributed by atoms with E-state index in [0.717, 1.165) is 17.7 Å². The molecule has 0 spiro atoms. The highest BCUT2D eigenvalue weighted by molar-refractivity contribution is 5.72. The van der Waals surface area contributed by atoms with Crippen molar-refractivity contribution in [3.8, 4) is 11.1 Å². The topological polar surface area (TPSA) is 26.0 Å². The van der Waals surface area contributed by atoms with Gasteiger partial charge in [0, 0.05) is 5.69 Å². The van der Waals surface area contributed by atoms with E-state index >= 15 is 0 Å². The Balaban J connectivity index is 2.36. The second-order valence-electron chi connectivity index (χ2n) is 4.47. The third kappa shape index (κ3) is 2.50. The summed E-state index contributed by atoms with van der Waals surface area (Å²) in [4.78, 5) is 0. The van der Waals surface area contributed by atoms with Crippen LogP contribution in [-0.4, -0.2) is 0 Å². The van der Waals surface area contributed by atoms with Gasteiger partial charge in [-0.25, -0.2) is 0 Å². The van der Waals surface area contributed by atoms with Crippen molar-refractivity contribution < 1.29 is 0 Å². The zero-order valence-corrected chi connectivity index (χ0v) is 10.5. The molecule has 1 nitrogen and oxygen atoms in total. The summed E-state index contributed by atoms with van der Waals surface area (Å²) in [5.74, 6) is 0. The molecule has 0 heterocycles. The summed E-state index contributed by atoms with van der Waals surface area (Å²) < 4.78 is 0. The molecule has 2 aromatic carbocycles. The Hall–Kier alpha value is -1.76. The highest BCUT2D eigenvalue weighted by Crippen LogP contribution is 2.27. The van der Waals surface area contributed by atoms with Gasteiger partial charge in [-0.15, -0.1) is 0 Å². The summed E-state index contributed by atoms with van der Waals surface area (Å²) in [5.41, 5.74) is 11.8. The van der Waals surface area contributed by atoms with Crippen molar-refractivity contribution in [3.05, 3.63) is 53.6 Å². The first-order chi connectivity index (χ1) is 8.22. The maximum Gasteiger partial charge on any atom is 0.0349 e. The molecule has 0 saturated heterocycles. The number of anilines is 1. The van der Waals surface area contributed by atoms with E-state index < -0.39 is 0 Å². The van der Waals surface area contributed by atoms with Gasteiger partial charge in [-0.2, -0.15) is 0 Å². The standard InChI is InChI=1S/C16H19N/c1-3-5-13-8-10-14(11-9-13)15-6-4-7-16(17)12(15)2/h4,6-11H,3,5,17H2,1-2H3. The Morgan fingerprint density at radius 1 is 1.00 bits per heavy atom. The van der Waals surface area contributed by atoms with Gasteiger partial charge in [0.15, 0.2) is 0 Å². The van der Waals surface area contributed by atoms with Crippen LogP contribution in [0.4, 0.5) is 5.69 Å². The van der Waals surface area contributed by atoms with Crippen molar-refractivity contribution >= 4 is 5.69 Å². The number of hydrogen-bond acceptors (Lipinski definition) is 1. The molecule has 88 valence electrons. The van der Waals surface area contributed by atoms with Gasteiger partial charge in [0.05, 0.1) is 0 Å². The Morgan fingerprint density at radius 2 is 1.71 bits per heavy atom. The van der Waals surface area contributed by atoms with Crippen LogP contribution in [0.25, 0.3) is 11.1 Å². The Labute approximate surface area is 103 Å². The summed E-state index contributed by atoms with van der Waals surface area (Å²) >= 11 is 0. The molecule has 17 heavy (non-hydrogen) atoms. The van der Waals surface area contributed by atoms with Crippen molar-refractivity contribution in [2.24, 2.45) is 0 Å². The average molecular weight is 225 g/mol. The fourth-order valence-electron chi connectivity index (χ4n) is 2.11. The molecule has 0 aromatic heterocycles. The maximum atomic E-state index is 5.94.